The standard InChI is InChI=1S/C16H18N2O3/c1-2-21-16(19)14(12-17)11-13-3-5-15(6-4-13)18-7-9-20-10-8-18/h3-6,11H,2,7-10H2,1H3/b14-11+. The summed E-state index contributed by atoms with van der Waals surface area (Å²) < 4.78 is 10.2. The van der Waals surface area contributed by atoms with E-state index >= 15 is 0 Å². The molecule has 21 heavy (non-hydrogen) atoms. The van der Waals surface area contributed by atoms with Gasteiger partial charge >= 0.3 is 5.97 Å². The Morgan fingerprint density at radius 2 is 2.05 bits per heavy atom. The van der Waals surface area contributed by atoms with E-state index in [9.17, 15) is 4.79 Å². The maximum Gasteiger partial charge on any atom is 0.348 e. The minimum atomic E-state index is -0.586. The number of anilines is 1. The average molecular weight is 286 g/mol. The first kappa shape index (κ1) is 15.1. The SMILES string of the molecule is CCOC(=O)/C(C#N)=C/c1ccc(N2CCOCC2)cc1. The van der Waals surface area contributed by atoms with E-state index in [4.69, 9.17) is 14.7 Å². The molecule has 0 unspecified atom stereocenters. The van der Waals surface area contributed by atoms with Crippen molar-refractivity contribution in [1.29, 1.82) is 5.26 Å². The predicted octanol–water partition coefficient (Wildman–Crippen LogP) is 1.99. The van der Waals surface area contributed by atoms with Crippen LogP contribution in [0, 0.1) is 11.3 Å². The summed E-state index contributed by atoms with van der Waals surface area (Å²) in [7, 11) is 0. The number of hydrogen-bond acceptors (Lipinski definition) is 5. The fourth-order valence-corrected chi connectivity index (χ4v) is 2.12. The van der Waals surface area contributed by atoms with Crippen molar-refractivity contribution < 1.29 is 14.3 Å². The van der Waals surface area contributed by atoms with Crippen LogP contribution in [0.1, 0.15) is 12.5 Å². The van der Waals surface area contributed by atoms with Gasteiger partial charge in [0.05, 0.1) is 19.8 Å². The Kier molecular flexibility index (Phi) is 5.35. The number of carbonyl (C=O) groups excluding carboxylic acids is 1. The molecule has 0 aliphatic carbocycles. The molecule has 0 amide bonds. The molecule has 110 valence electrons. The smallest absolute Gasteiger partial charge is 0.348 e. The number of rotatable bonds is 4. The number of morpholine rings is 1. The molecule has 0 aromatic heterocycles. The van der Waals surface area contributed by atoms with Crippen LogP contribution in [0.4, 0.5) is 5.69 Å². The Morgan fingerprint density at radius 1 is 1.38 bits per heavy atom. The molecule has 1 fully saturated rings. The Morgan fingerprint density at radius 3 is 2.62 bits per heavy atom. The second-order valence-electron chi connectivity index (χ2n) is 4.58. The van der Waals surface area contributed by atoms with E-state index in [1.807, 2.05) is 30.3 Å². The van der Waals surface area contributed by atoms with Crippen LogP contribution in [-0.4, -0.2) is 38.9 Å². The van der Waals surface area contributed by atoms with E-state index in [-0.39, 0.29) is 12.2 Å². The van der Waals surface area contributed by atoms with Gasteiger partial charge in [-0.2, -0.15) is 5.26 Å². The summed E-state index contributed by atoms with van der Waals surface area (Å²) >= 11 is 0. The minimum Gasteiger partial charge on any atom is -0.462 e. The van der Waals surface area contributed by atoms with Crippen LogP contribution in [0.25, 0.3) is 6.08 Å². The van der Waals surface area contributed by atoms with Crippen LogP contribution >= 0.6 is 0 Å². The lowest BCUT2D eigenvalue weighted by Crippen LogP contribution is -2.36. The summed E-state index contributed by atoms with van der Waals surface area (Å²) in [6.07, 6.45) is 1.54. The molecule has 1 aliphatic heterocycles. The van der Waals surface area contributed by atoms with Crippen LogP contribution in [0.2, 0.25) is 0 Å². The van der Waals surface area contributed by atoms with Gasteiger partial charge in [0, 0.05) is 18.8 Å². The number of benzene rings is 1. The van der Waals surface area contributed by atoms with Gasteiger partial charge in [0.2, 0.25) is 0 Å². The molecular weight excluding hydrogens is 268 g/mol. The van der Waals surface area contributed by atoms with Crippen molar-refractivity contribution in [3.8, 4) is 6.07 Å². The molecule has 2 rings (SSSR count). The van der Waals surface area contributed by atoms with Crippen LogP contribution in [0.5, 0.6) is 0 Å². The van der Waals surface area contributed by atoms with Crippen molar-refractivity contribution in [1.82, 2.24) is 0 Å². The highest BCUT2D eigenvalue weighted by atomic mass is 16.5. The van der Waals surface area contributed by atoms with Crippen molar-refractivity contribution in [3.63, 3.8) is 0 Å². The zero-order valence-corrected chi connectivity index (χ0v) is 12.0. The van der Waals surface area contributed by atoms with E-state index in [2.05, 4.69) is 4.90 Å². The summed E-state index contributed by atoms with van der Waals surface area (Å²) in [4.78, 5) is 13.8. The Hall–Kier alpha value is -2.32. The molecule has 0 spiro atoms. The molecular formula is C16H18N2O3. The van der Waals surface area contributed by atoms with Gasteiger partial charge < -0.3 is 14.4 Å². The highest BCUT2D eigenvalue weighted by Crippen LogP contribution is 2.18. The molecule has 0 bridgehead atoms. The molecule has 1 heterocycles. The molecule has 0 radical (unpaired) electrons. The van der Waals surface area contributed by atoms with Crippen LogP contribution in [0.3, 0.4) is 0 Å². The zero-order valence-electron chi connectivity index (χ0n) is 12.0. The van der Waals surface area contributed by atoms with E-state index < -0.39 is 5.97 Å². The number of nitrogens with zero attached hydrogens (tertiary/aromatic N) is 2. The summed E-state index contributed by atoms with van der Waals surface area (Å²) in [6.45, 7) is 5.20. The highest BCUT2D eigenvalue weighted by Gasteiger charge is 2.12. The lowest BCUT2D eigenvalue weighted by atomic mass is 10.1. The molecule has 1 aliphatic rings. The lowest BCUT2D eigenvalue weighted by molar-refractivity contribution is -0.137. The largest absolute Gasteiger partial charge is 0.462 e. The number of carbonyl (C=O) groups is 1. The number of esters is 1. The predicted molar refractivity (Wildman–Crippen MR) is 79.7 cm³/mol. The summed E-state index contributed by atoms with van der Waals surface area (Å²) in [5.41, 5.74) is 1.93. The number of nitriles is 1. The summed E-state index contributed by atoms with van der Waals surface area (Å²) in [6, 6.07) is 9.62. The Bertz CT molecular complexity index is 552. The van der Waals surface area contributed by atoms with Crippen molar-refractivity contribution >= 4 is 17.7 Å². The van der Waals surface area contributed by atoms with Crippen molar-refractivity contribution in [2.45, 2.75) is 6.92 Å². The van der Waals surface area contributed by atoms with Gasteiger partial charge in [-0.15, -0.1) is 0 Å². The second kappa shape index (κ2) is 7.46. The van der Waals surface area contributed by atoms with Gasteiger partial charge in [0.1, 0.15) is 11.6 Å². The van der Waals surface area contributed by atoms with Crippen molar-refractivity contribution in [2.24, 2.45) is 0 Å². The molecule has 0 saturated carbocycles. The maximum absolute atomic E-state index is 11.6. The third-order valence-electron chi connectivity index (χ3n) is 3.20. The summed E-state index contributed by atoms with van der Waals surface area (Å²) in [5.74, 6) is -0.586. The van der Waals surface area contributed by atoms with Gasteiger partial charge in [0.15, 0.2) is 0 Å². The monoisotopic (exact) mass is 286 g/mol. The average Bonchev–Trinajstić information content (AvgIpc) is 2.54. The first-order valence-corrected chi connectivity index (χ1v) is 6.96. The van der Waals surface area contributed by atoms with E-state index in [1.165, 1.54) is 0 Å². The molecule has 1 aromatic carbocycles. The lowest BCUT2D eigenvalue weighted by Gasteiger charge is -2.28. The van der Waals surface area contributed by atoms with Gasteiger partial charge in [0.25, 0.3) is 0 Å². The van der Waals surface area contributed by atoms with Crippen LogP contribution < -0.4 is 4.90 Å². The molecule has 0 atom stereocenters. The topological polar surface area (TPSA) is 62.6 Å². The van der Waals surface area contributed by atoms with E-state index in [1.54, 1.807) is 13.0 Å². The van der Waals surface area contributed by atoms with Gasteiger partial charge in [-0.3, -0.25) is 0 Å². The quantitative estimate of drug-likeness (QED) is 0.481. The van der Waals surface area contributed by atoms with E-state index in [0.29, 0.717) is 0 Å². The van der Waals surface area contributed by atoms with Crippen molar-refractivity contribution in [2.75, 3.05) is 37.8 Å². The molecule has 5 nitrogen and oxygen atoms in total. The normalized spacial score (nSPS) is 15.4. The van der Waals surface area contributed by atoms with Gasteiger partial charge in [-0.25, -0.2) is 4.79 Å². The fourth-order valence-electron chi connectivity index (χ4n) is 2.12. The molecule has 1 aromatic rings. The van der Waals surface area contributed by atoms with Crippen molar-refractivity contribution in [3.05, 3.63) is 35.4 Å². The van der Waals surface area contributed by atoms with Crippen LogP contribution in [-0.2, 0) is 14.3 Å². The second-order valence-corrected chi connectivity index (χ2v) is 4.58. The molecule has 1 saturated heterocycles. The number of hydrogen-bond donors (Lipinski definition) is 0. The minimum absolute atomic E-state index is 0.0102. The fraction of sp³-hybridized carbons (Fsp3) is 0.375. The maximum atomic E-state index is 11.6. The van der Waals surface area contributed by atoms with Gasteiger partial charge in [-0.05, 0) is 30.7 Å². The highest BCUT2D eigenvalue weighted by molar-refractivity contribution is 5.97. The third-order valence-corrected chi connectivity index (χ3v) is 3.20. The van der Waals surface area contributed by atoms with Crippen LogP contribution in [0.15, 0.2) is 29.8 Å². The first-order valence-electron chi connectivity index (χ1n) is 6.96. The number of ether oxygens (including phenoxy) is 2. The van der Waals surface area contributed by atoms with Gasteiger partial charge in [-0.1, -0.05) is 12.1 Å². The third kappa shape index (κ3) is 4.07. The Balaban J connectivity index is 2.10. The molecule has 0 N–H and O–H groups in total. The first-order chi connectivity index (χ1) is 10.2. The summed E-state index contributed by atoms with van der Waals surface area (Å²) in [5, 5.41) is 9.00. The Labute approximate surface area is 124 Å². The molecule has 5 heteroatoms. The zero-order chi connectivity index (χ0) is 15.1. The van der Waals surface area contributed by atoms with E-state index in [0.717, 1.165) is 37.6 Å².